The highest BCUT2D eigenvalue weighted by atomic mass is 35.5. The van der Waals surface area contributed by atoms with Crippen LogP contribution in [0.15, 0.2) is 42.6 Å². The van der Waals surface area contributed by atoms with Crippen molar-refractivity contribution in [2.24, 2.45) is 0 Å². The fourth-order valence-corrected chi connectivity index (χ4v) is 2.28. The molecule has 0 unspecified atom stereocenters. The van der Waals surface area contributed by atoms with Crippen LogP contribution in [-0.2, 0) is 16.0 Å². The molecule has 0 radical (unpaired) electrons. The molecule has 0 N–H and O–H groups in total. The number of esters is 1. The van der Waals surface area contributed by atoms with Crippen molar-refractivity contribution in [3.05, 3.63) is 53.3 Å². The fourth-order valence-electron chi connectivity index (χ4n) is 2.15. The van der Waals surface area contributed by atoms with E-state index in [2.05, 4.69) is 10.1 Å². The molecule has 0 atom stereocenters. The molecule has 3 rings (SSSR count). The highest BCUT2D eigenvalue weighted by Gasteiger charge is 2.09. The summed E-state index contributed by atoms with van der Waals surface area (Å²) in [5.41, 5.74) is 3.10. The number of hydrogen-bond acceptors (Lipinski definition) is 4. The Kier molecular flexibility index (Phi) is 4.06. The van der Waals surface area contributed by atoms with Crippen molar-refractivity contribution in [3.63, 3.8) is 0 Å². The lowest BCUT2D eigenvalue weighted by Gasteiger charge is -2.01. The Balaban J connectivity index is 1.90. The van der Waals surface area contributed by atoms with Crippen molar-refractivity contribution >= 4 is 23.2 Å². The van der Waals surface area contributed by atoms with Gasteiger partial charge in [-0.1, -0.05) is 23.7 Å². The van der Waals surface area contributed by atoms with E-state index in [0.29, 0.717) is 23.0 Å². The van der Waals surface area contributed by atoms with Gasteiger partial charge in [-0.3, -0.25) is 4.79 Å². The predicted molar refractivity (Wildman–Crippen MR) is 83.8 cm³/mol. The fraction of sp³-hybridized carbons (Fsp3) is 0.188. The van der Waals surface area contributed by atoms with E-state index in [1.54, 1.807) is 17.6 Å². The molecule has 5 nitrogen and oxygen atoms in total. The van der Waals surface area contributed by atoms with Gasteiger partial charge in [0.1, 0.15) is 0 Å². The van der Waals surface area contributed by atoms with Crippen molar-refractivity contribution < 1.29 is 9.53 Å². The molecule has 0 amide bonds. The van der Waals surface area contributed by atoms with Crippen LogP contribution in [0, 0.1) is 0 Å². The minimum absolute atomic E-state index is 0.146. The van der Waals surface area contributed by atoms with Gasteiger partial charge in [0, 0.05) is 10.6 Å². The number of halogens is 1. The maximum Gasteiger partial charge on any atom is 0.311 e. The highest BCUT2D eigenvalue weighted by Crippen LogP contribution is 2.20. The quantitative estimate of drug-likeness (QED) is 0.694. The van der Waals surface area contributed by atoms with Gasteiger partial charge in [-0.25, -0.2) is 9.50 Å². The third-order valence-electron chi connectivity index (χ3n) is 3.14. The van der Waals surface area contributed by atoms with Crippen molar-refractivity contribution in [3.8, 4) is 11.3 Å². The van der Waals surface area contributed by atoms with E-state index < -0.39 is 0 Å². The van der Waals surface area contributed by atoms with Gasteiger partial charge in [0.25, 0.3) is 0 Å². The molecule has 0 fully saturated rings. The number of aromatic nitrogens is 3. The molecule has 0 aliphatic heterocycles. The molecule has 0 saturated carbocycles. The lowest BCUT2D eigenvalue weighted by Crippen LogP contribution is -2.07. The molecule has 3 aromatic rings. The summed E-state index contributed by atoms with van der Waals surface area (Å²) in [5.74, 6) is -0.288. The topological polar surface area (TPSA) is 56.5 Å². The molecular weight excluding hydrogens is 302 g/mol. The summed E-state index contributed by atoms with van der Waals surface area (Å²) in [6.07, 6.45) is 1.89. The first kappa shape index (κ1) is 14.5. The van der Waals surface area contributed by atoms with Gasteiger partial charge in [-0.2, -0.15) is 5.10 Å². The van der Waals surface area contributed by atoms with Crippen molar-refractivity contribution in [1.82, 2.24) is 14.6 Å². The highest BCUT2D eigenvalue weighted by molar-refractivity contribution is 6.30. The maximum atomic E-state index is 11.5. The number of imidazole rings is 1. The normalized spacial score (nSPS) is 10.8. The summed E-state index contributed by atoms with van der Waals surface area (Å²) in [5, 5.41) is 5.19. The number of benzene rings is 1. The van der Waals surface area contributed by atoms with E-state index in [1.165, 1.54) is 0 Å². The van der Waals surface area contributed by atoms with Crippen LogP contribution in [0.3, 0.4) is 0 Å². The van der Waals surface area contributed by atoms with Gasteiger partial charge >= 0.3 is 5.97 Å². The third kappa shape index (κ3) is 3.09. The minimum Gasteiger partial charge on any atom is -0.466 e. The van der Waals surface area contributed by atoms with Gasteiger partial charge in [0.15, 0.2) is 5.65 Å². The molecule has 2 heterocycles. The zero-order valence-corrected chi connectivity index (χ0v) is 12.7. The van der Waals surface area contributed by atoms with E-state index in [4.69, 9.17) is 16.3 Å². The molecule has 6 heteroatoms. The van der Waals surface area contributed by atoms with E-state index in [-0.39, 0.29) is 12.4 Å². The second-order valence-corrected chi connectivity index (χ2v) is 5.18. The van der Waals surface area contributed by atoms with E-state index in [9.17, 15) is 4.79 Å². The van der Waals surface area contributed by atoms with Crippen LogP contribution in [0.2, 0.25) is 5.02 Å². The monoisotopic (exact) mass is 315 g/mol. The SMILES string of the molecule is CCOC(=O)Cc1cn2nc(-c3ccc(Cl)cc3)ccc2n1. The minimum atomic E-state index is -0.288. The van der Waals surface area contributed by atoms with Crippen LogP contribution >= 0.6 is 11.6 Å². The molecule has 22 heavy (non-hydrogen) atoms. The molecule has 1 aromatic carbocycles. The number of ether oxygens (including phenoxy) is 1. The van der Waals surface area contributed by atoms with E-state index >= 15 is 0 Å². The molecule has 0 bridgehead atoms. The van der Waals surface area contributed by atoms with Crippen LogP contribution in [0.4, 0.5) is 0 Å². The van der Waals surface area contributed by atoms with Crippen molar-refractivity contribution in [2.45, 2.75) is 13.3 Å². The van der Waals surface area contributed by atoms with Crippen LogP contribution in [0.1, 0.15) is 12.6 Å². The average molecular weight is 316 g/mol. The second kappa shape index (κ2) is 6.15. The largest absolute Gasteiger partial charge is 0.466 e. The number of fused-ring (bicyclic) bond motifs is 1. The van der Waals surface area contributed by atoms with Crippen LogP contribution in [0.5, 0.6) is 0 Å². The van der Waals surface area contributed by atoms with E-state index in [1.807, 2.05) is 36.4 Å². The second-order valence-electron chi connectivity index (χ2n) is 4.74. The predicted octanol–water partition coefficient (Wildman–Crippen LogP) is 3.16. The third-order valence-corrected chi connectivity index (χ3v) is 3.39. The van der Waals surface area contributed by atoms with Gasteiger partial charge in [0.2, 0.25) is 0 Å². The summed E-state index contributed by atoms with van der Waals surface area (Å²) >= 11 is 5.89. The first-order chi connectivity index (χ1) is 10.7. The number of carbonyl (C=O) groups excluding carboxylic acids is 1. The first-order valence-electron chi connectivity index (χ1n) is 6.92. The molecule has 112 valence electrons. The Morgan fingerprint density at radius 1 is 1.23 bits per heavy atom. The van der Waals surface area contributed by atoms with Gasteiger partial charge in [-0.15, -0.1) is 0 Å². The number of hydrogen-bond donors (Lipinski definition) is 0. The number of carbonyl (C=O) groups is 1. The molecule has 0 aliphatic carbocycles. The Morgan fingerprint density at radius 3 is 2.73 bits per heavy atom. The lowest BCUT2D eigenvalue weighted by molar-refractivity contribution is -0.142. The first-order valence-corrected chi connectivity index (χ1v) is 7.30. The van der Waals surface area contributed by atoms with E-state index in [0.717, 1.165) is 11.3 Å². The smallest absolute Gasteiger partial charge is 0.311 e. The van der Waals surface area contributed by atoms with Crippen LogP contribution in [-0.4, -0.2) is 27.2 Å². The molecule has 0 aliphatic rings. The maximum absolute atomic E-state index is 11.5. The molecular formula is C16H14ClN3O2. The standard InChI is InChI=1S/C16H14ClN3O2/c1-2-22-16(21)9-13-10-20-15(18-13)8-7-14(19-20)11-3-5-12(17)6-4-11/h3-8,10H,2,9H2,1H3. The van der Waals surface area contributed by atoms with Gasteiger partial charge < -0.3 is 4.74 Å². The summed E-state index contributed by atoms with van der Waals surface area (Å²) in [6.45, 7) is 2.15. The zero-order valence-electron chi connectivity index (χ0n) is 12.0. The Bertz CT molecular complexity index is 812. The summed E-state index contributed by atoms with van der Waals surface area (Å²) in [6, 6.07) is 11.2. The van der Waals surface area contributed by atoms with Crippen molar-refractivity contribution in [2.75, 3.05) is 6.61 Å². The number of nitrogens with zero attached hydrogens (tertiary/aromatic N) is 3. The summed E-state index contributed by atoms with van der Waals surface area (Å²) in [7, 11) is 0. The number of rotatable bonds is 4. The molecule has 0 spiro atoms. The molecule has 2 aromatic heterocycles. The Hall–Kier alpha value is -2.40. The lowest BCUT2D eigenvalue weighted by atomic mass is 10.1. The van der Waals surface area contributed by atoms with Crippen LogP contribution in [0.25, 0.3) is 16.9 Å². The Morgan fingerprint density at radius 2 is 2.00 bits per heavy atom. The average Bonchev–Trinajstić information content (AvgIpc) is 2.89. The zero-order chi connectivity index (χ0) is 15.5. The summed E-state index contributed by atoms with van der Waals surface area (Å²) < 4.78 is 6.59. The van der Waals surface area contributed by atoms with Gasteiger partial charge in [-0.05, 0) is 31.2 Å². The van der Waals surface area contributed by atoms with Crippen LogP contribution < -0.4 is 0 Å². The van der Waals surface area contributed by atoms with Gasteiger partial charge in [0.05, 0.1) is 30.6 Å². The van der Waals surface area contributed by atoms with Crippen molar-refractivity contribution in [1.29, 1.82) is 0 Å². The molecule has 0 saturated heterocycles. The Labute approximate surface area is 132 Å². The summed E-state index contributed by atoms with van der Waals surface area (Å²) in [4.78, 5) is 15.9.